The van der Waals surface area contributed by atoms with Gasteiger partial charge in [-0.1, -0.05) is 339 Å². The Morgan fingerprint density at radius 2 is 0.636 bits per heavy atom. The van der Waals surface area contributed by atoms with Crippen molar-refractivity contribution in [2.24, 2.45) is 65.1 Å². The molecule has 0 aromatic heterocycles. The van der Waals surface area contributed by atoms with Crippen molar-refractivity contribution in [3.05, 3.63) is 11.6 Å². The largest absolute Gasteiger partial charge is 0.475 e. The molecule has 0 aliphatic rings. The average Bonchev–Trinajstić information content (AvgIpc) is 3.30. The smallest absolute Gasteiger partial charge is 0.396 e. The van der Waals surface area contributed by atoms with Crippen LogP contribution < -0.4 is 0 Å². The molecule has 0 aliphatic carbocycles. The minimum Gasteiger partial charge on any atom is -0.396 e. The van der Waals surface area contributed by atoms with Gasteiger partial charge in [-0.2, -0.15) is 0 Å². The van der Waals surface area contributed by atoms with Crippen molar-refractivity contribution in [1.29, 1.82) is 0 Å². The number of alkyl halides is 6. The number of allylic oxidation sites excluding steroid dienone is 1. The Hall–Kier alpha value is 1.51. The Labute approximate surface area is 509 Å². The quantitative estimate of drug-likeness (QED) is 0.0359. The van der Waals surface area contributed by atoms with E-state index in [4.69, 9.17) is 93.4 Å². The van der Waals surface area contributed by atoms with Crippen LogP contribution in [-0.2, 0) is 18.1 Å². The first-order chi connectivity index (χ1) is 35.9. The molecule has 0 heterocycles. The average molecular weight is 1240 g/mol. The van der Waals surface area contributed by atoms with Crippen LogP contribution >= 0.6 is 77.4 Å². The molecule has 8 unspecified atom stereocenters. The van der Waals surface area contributed by atoms with E-state index in [1.54, 1.807) is 0 Å². The zero-order valence-corrected chi connectivity index (χ0v) is 58.1. The van der Waals surface area contributed by atoms with Gasteiger partial charge < -0.3 is 10.2 Å². The van der Waals surface area contributed by atoms with Gasteiger partial charge >= 0.3 is 7.82 Å². The van der Waals surface area contributed by atoms with Crippen molar-refractivity contribution in [3.63, 3.8) is 0 Å². The fourth-order valence-corrected chi connectivity index (χ4v) is 11.9. The molecule has 0 aliphatic heterocycles. The van der Waals surface area contributed by atoms with E-state index >= 15 is 0 Å². The molecule has 6 nitrogen and oxygen atoms in total. The number of hydrogen-bond acceptors (Lipinski definition) is 6. The van der Waals surface area contributed by atoms with Crippen molar-refractivity contribution in [1.82, 2.24) is 0 Å². The number of rotatable bonds is 47. The van der Waals surface area contributed by atoms with E-state index in [9.17, 15) is 4.57 Å². The van der Waals surface area contributed by atoms with E-state index in [0.717, 1.165) is 78.9 Å². The van der Waals surface area contributed by atoms with Crippen LogP contribution in [-0.4, -0.2) is 50.8 Å². The number of phosphoric acid groups is 1. The van der Waals surface area contributed by atoms with Crippen molar-refractivity contribution in [2.75, 3.05) is 33.0 Å². The second-order valence-electron chi connectivity index (χ2n) is 26.0. The fraction of sp³-hybridized carbons (Fsp3) is 0.969. The summed E-state index contributed by atoms with van der Waals surface area (Å²) >= 11 is 34.0. The van der Waals surface area contributed by atoms with Gasteiger partial charge in [-0.3, -0.25) is 13.6 Å². The summed E-state index contributed by atoms with van der Waals surface area (Å²) in [6, 6.07) is 0. The van der Waals surface area contributed by atoms with E-state index in [1.807, 2.05) is 6.08 Å². The maximum Gasteiger partial charge on any atom is 0.475 e. The van der Waals surface area contributed by atoms with E-state index in [2.05, 4.69) is 104 Å². The molecule has 0 aromatic rings. The van der Waals surface area contributed by atoms with Gasteiger partial charge in [0, 0.05) is 6.61 Å². The van der Waals surface area contributed by atoms with Crippen LogP contribution in [0.3, 0.4) is 0 Å². The summed E-state index contributed by atoms with van der Waals surface area (Å²) in [5, 5.41) is 17.7. The molecular weight excluding hydrogens is 1110 g/mol. The minimum absolute atomic E-state index is 0.155. The van der Waals surface area contributed by atoms with E-state index < -0.39 is 28.6 Å². The zero-order valence-electron chi connectivity index (χ0n) is 52.7. The molecule has 0 saturated carbocycles. The highest BCUT2D eigenvalue weighted by molar-refractivity contribution is 7.48. The van der Waals surface area contributed by atoms with Crippen LogP contribution in [0.2, 0.25) is 0 Å². The van der Waals surface area contributed by atoms with Crippen molar-refractivity contribution >= 4 is 77.4 Å². The van der Waals surface area contributed by atoms with E-state index in [0.29, 0.717) is 24.9 Å². The molecule has 0 radical (unpaired) electrons. The van der Waals surface area contributed by atoms with Gasteiger partial charge in [-0.05, 0) is 97.7 Å². The lowest BCUT2D eigenvalue weighted by atomic mass is 9.91. The second kappa shape index (κ2) is 51.9. The third-order valence-corrected chi connectivity index (χ3v) is 17.4. The first kappa shape index (κ1) is 82.7. The van der Waals surface area contributed by atoms with Gasteiger partial charge in [0.15, 0.2) is 0 Å². The van der Waals surface area contributed by atoms with Crippen LogP contribution in [0.1, 0.15) is 290 Å². The Balaban J connectivity index is -0.00000113. The Kier molecular flexibility index (Phi) is 55.7. The predicted molar refractivity (Wildman–Crippen MR) is 346 cm³/mol. The van der Waals surface area contributed by atoms with Crippen LogP contribution in [0, 0.1) is 65.1 Å². The highest BCUT2D eigenvalue weighted by Gasteiger charge is 2.35. The number of aliphatic hydroxyl groups is 2. The van der Waals surface area contributed by atoms with E-state index in [-0.39, 0.29) is 13.2 Å². The minimum atomic E-state index is -4.05. The van der Waals surface area contributed by atoms with E-state index in [1.165, 1.54) is 160 Å². The third kappa shape index (κ3) is 64.9. The van der Waals surface area contributed by atoms with Crippen molar-refractivity contribution < 1.29 is 28.3 Å². The highest BCUT2D eigenvalue weighted by atomic mass is 35.6. The number of halogens is 6. The van der Waals surface area contributed by atoms with Gasteiger partial charge in [0.25, 0.3) is 0 Å². The maximum absolute atomic E-state index is 12.8. The molecule has 0 spiro atoms. The molecular formula is C64H127Cl6O6P. The summed E-state index contributed by atoms with van der Waals surface area (Å²) in [5.41, 5.74) is 1.34. The van der Waals surface area contributed by atoms with Gasteiger partial charge in [-0.25, -0.2) is 4.57 Å². The summed E-state index contributed by atoms with van der Waals surface area (Å²) in [6.07, 6.45) is 39.6. The monoisotopic (exact) mass is 1230 g/mol. The van der Waals surface area contributed by atoms with Crippen molar-refractivity contribution in [3.8, 4) is 0 Å². The lowest BCUT2D eigenvalue weighted by molar-refractivity contribution is 0.111. The molecule has 466 valence electrons. The predicted octanol–water partition coefficient (Wildman–Crippen LogP) is 24.2. The lowest BCUT2D eigenvalue weighted by Gasteiger charge is -2.22. The molecule has 2 N–H and O–H groups in total. The van der Waals surface area contributed by atoms with Crippen molar-refractivity contribution in [2.45, 2.75) is 298 Å². The summed E-state index contributed by atoms with van der Waals surface area (Å²) in [4.78, 5) is 0. The fourth-order valence-electron chi connectivity index (χ4n) is 9.84. The first-order valence-corrected chi connectivity index (χ1v) is 35.2. The molecule has 8 atom stereocenters. The Morgan fingerprint density at radius 1 is 0.390 bits per heavy atom. The normalized spacial score (nSPS) is 15.9. The molecule has 0 amide bonds. The maximum atomic E-state index is 12.8. The third-order valence-electron chi connectivity index (χ3n) is 15.4. The van der Waals surface area contributed by atoms with Gasteiger partial charge in [0.2, 0.25) is 7.59 Å². The van der Waals surface area contributed by atoms with Gasteiger partial charge in [-0.15, -0.1) is 0 Å². The lowest BCUT2D eigenvalue weighted by Crippen LogP contribution is -2.17. The highest BCUT2D eigenvalue weighted by Crippen LogP contribution is 2.52. The number of aliphatic hydroxyl groups excluding tert-OH is 2. The first-order valence-electron chi connectivity index (χ1n) is 31.5. The van der Waals surface area contributed by atoms with Crippen LogP contribution in [0.25, 0.3) is 0 Å². The summed E-state index contributed by atoms with van der Waals surface area (Å²) < 4.78 is 24.9. The molecule has 0 bridgehead atoms. The van der Waals surface area contributed by atoms with Crippen LogP contribution in [0.4, 0.5) is 0 Å². The molecule has 13 heteroatoms. The molecule has 0 rings (SSSR count). The Morgan fingerprint density at radius 3 is 0.883 bits per heavy atom. The molecule has 0 aromatic carbocycles. The topological polar surface area (TPSA) is 85.2 Å². The molecule has 0 saturated heterocycles. The van der Waals surface area contributed by atoms with Crippen LogP contribution in [0.5, 0.6) is 0 Å². The zero-order chi connectivity index (χ0) is 59.3. The molecule has 0 fully saturated rings. The van der Waals surface area contributed by atoms with Crippen LogP contribution in [0.15, 0.2) is 11.6 Å². The SMILES string of the molecule is C/C(=C\CO)CCCC(C)CCCC(C)CCCC(C)C.CC(C)CCCC(C)CCCC(C)CCCC(C)CCO.CC(C)CCCC(C)CCCC(C)CCCC(C)CCOP(=O)(OCC(Cl)(Cl)Cl)OCC(Cl)(Cl)Cl. The molecule has 77 heavy (non-hydrogen) atoms. The number of hydrogen-bond donors (Lipinski definition) is 2. The summed E-state index contributed by atoms with van der Waals surface area (Å²) in [7, 11) is -4.05. The summed E-state index contributed by atoms with van der Waals surface area (Å²) in [6.45, 7) is 34.6. The standard InChI is InChI=1S/C24H45Cl6O4P.C20H42O.C20H40O/c1-19(2)9-6-10-20(3)11-7-12-21(4)13-8-14-22(5)15-16-32-35(31,33-17-23(25,26)27)34-18-24(28,29)30;2*1-17(2)9-6-10-18(3)11-7-12-19(4)13-8-14-20(5)15-16-21/h19-22H,6-18H2,1-5H3;17-21H,6-16H2,1-5H3;15,17-19,21H,6-14,16H2,1-5H3/b;;20-15+. The second-order valence-corrected chi connectivity index (χ2v) is 32.7. The van der Waals surface area contributed by atoms with Gasteiger partial charge in [0.05, 0.1) is 13.2 Å². The number of phosphoric ester groups is 1. The summed E-state index contributed by atoms with van der Waals surface area (Å²) in [5.74, 6) is 8.74. The van der Waals surface area contributed by atoms with Gasteiger partial charge in [0.1, 0.15) is 13.2 Å². The Bertz CT molecular complexity index is 1340.